The zero-order valence-electron chi connectivity index (χ0n) is 9.15. The number of carbonyl (C=O) groups is 1. The van der Waals surface area contributed by atoms with Crippen LogP contribution in [0.4, 0.5) is 0 Å². The van der Waals surface area contributed by atoms with Crippen molar-refractivity contribution >= 4 is 16.2 Å². The summed E-state index contributed by atoms with van der Waals surface area (Å²) in [6, 6.07) is -1.08. The van der Waals surface area contributed by atoms with E-state index in [-0.39, 0.29) is 12.5 Å². The van der Waals surface area contributed by atoms with Gasteiger partial charge in [-0.15, -0.1) is 0 Å². The molecule has 0 aliphatic carbocycles. The molecule has 15 heavy (non-hydrogen) atoms. The fraction of sp³-hybridized carbons (Fsp3) is 0.875. The first-order valence-corrected chi connectivity index (χ1v) is 6.32. The number of carboxylic acids is 1. The van der Waals surface area contributed by atoms with Crippen molar-refractivity contribution in [2.24, 2.45) is 5.92 Å². The Morgan fingerprint density at radius 2 is 1.93 bits per heavy atom. The summed E-state index contributed by atoms with van der Waals surface area (Å²) in [5.41, 5.74) is 0. The van der Waals surface area contributed by atoms with Gasteiger partial charge < -0.3 is 5.11 Å². The molecule has 0 saturated heterocycles. The van der Waals surface area contributed by atoms with Crippen molar-refractivity contribution in [2.75, 3.05) is 6.54 Å². The second-order valence-corrected chi connectivity index (χ2v) is 4.85. The van der Waals surface area contributed by atoms with E-state index in [9.17, 15) is 13.2 Å². The Kier molecular flexibility index (Phi) is 5.77. The van der Waals surface area contributed by atoms with Gasteiger partial charge in [0.1, 0.15) is 6.04 Å². The Hall–Kier alpha value is -0.660. The van der Waals surface area contributed by atoms with Gasteiger partial charge in [-0.25, -0.2) is 4.72 Å². The lowest BCUT2D eigenvalue weighted by Crippen LogP contribution is -2.49. The highest BCUT2D eigenvalue weighted by atomic mass is 32.2. The molecule has 0 unspecified atom stereocenters. The maximum Gasteiger partial charge on any atom is 0.322 e. The lowest BCUT2D eigenvalue weighted by molar-refractivity contribution is -0.140. The third-order valence-electron chi connectivity index (χ3n) is 2.10. The van der Waals surface area contributed by atoms with Crippen LogP contribution in [-0.2, 0) is 15.0 Å². The van der Waals surface area contributed by atoms with Crippen LogP contribution in [0.3, 0.4) is 0 Å². The smallest absolute Gasteiger partial charge is 0.322 e. The molecular formula is C8H18N2O4S. The van der Waals surface area contributed by atoms with Gasteiger partial charge in [0.05, 0.1) is 0 Å². The molecule has 0 heterocycles. The van der Waals surface area contributed by atoms with Crippen LogP contribution in [0.5, 0.6) is 0 Å². The summed E-state index contributed by atoms with van der Waals surface area (Å²) in [5.74, 6) is -1.42. The quantitative estimate of drug-likeness (QED) is 0.578. The fourth-order valence-corrected chi connectivity index (χ4v) is 2.18. The van der Waals surface area contributed by atoms with Crippen molar-refractivity contribution in [3.63, 3.8) is 0 Å². The lowest BCUT2D eigenvalue weighted by atomic mass is 10.0. The van der Waals surface area contributed by atoms with E-state index in [1.165, 1.54) is 0 Å². The highest BCUT2D eigenvalue weighted by Crippen LogP contribution is 2.08. The second-order valence-electron chi connectivity index (χ2n) is 3.32. The predicted molar refractivity (Wildman–Crippen MR) is 56.6 cm³/mol. The average molecular weight is 238 g/mol. The largest absolute Gasteiger partial charge is 0.480 e. The SMILES string of the molecule is CCNS(=O)(=O)N[C@H](C(=O)O)[C@@H](C)CC. The summed E-state index contributed by atoms with van der Waals surface area (Å²) < 4.78 is 26.9. The van der Waals surface area contributed by atoms with E-state index in [0.29, 0.717) is 6.42 Å². The van der Waals surface area contributed by atoms with Gasteiger partial charge >= 0.3 is 5.97 Å². The Balaban J connectivity index is 4.62. The first-order valence-electron chi connectivity index (χ1n) is 4.83. The van der Waals surface area contributed by atoms with Gasteiger partial charge in [0.2, 0.25) is 0 Å². The van der Waals surface area contributed by atoms with Crippen molar-refractivity contribution < 1.29 is 18.3 Å². The molecule has 0 fully saturated rings. The third-order valence-corrected chi connectivity index (χ3v) is 3.33. The summed E-state index contributed by atoms with van der Waals surface area (Å²) in [4.78, 5) is 10.8. The molecule has 0 aliphatic rings. The van der Waals surface area contributed by atoms with E-state index in [1.54, 1.807) is 13.8 Å². The van der Waals surface area contributed by atoms with E-state index in [0.717, 1.165) is 0 Å². The van der Waals surface area contributed by atoms with Gasteiger partial charge in [0.25, 0.3) is 10.2 Å². The van der Waals surface area contributed by atoms with Crippen molar-refractivity contribution in [3.05, 3.63) is 0 Å². The van der Waals surface area contributed by atoms with Crippen molar-refractivity contribution in [1.82, 2.24) is 9.44 Å². The van der Waals surface area contributed by atoms with Crippen molar-refractivity contribution in [1.29, 1.82) is 0 Å². The predicted octanol–water partition coefficient (Wildman–Crippen LogP) is -0.0704. The number of aliphatic carboxylic acids is 1. The fourth-order valence-electron chi connectivity index (χ4n) is 1.04. The molecule has 0 aromatic rings. The Morgan fingerprint density at radius 1 is 1.40 bits per heavy atom. The van der Waals surface area contributed by atoms with Gasteiger partial charge in [-0.05, 0) is 5.92 Å². The minimum atomic E-state index is -3.71. The molecule has 3 N–H and O–H groups in total. The van der Waals surface area contributed by atoms with Crippen LogP contribution >= 0.6 is 0 Å². The zero-order chi connectivity index (χ0) is 12.1. The molecule has 0 aromatic heterocycles. The van der Waals surface area contributed by atoms with E-state index in [4.69, 9.17) is 5.11 Å². The molecule has 0 spiro atoms. The molecule has 0 amide bonds. The van der Waals surface area contributed by atoms with E-state index in [1.807, 2.05) is 6.92 Å². The topological polar surface area (TPSA) is 95.5 Å². The molecule has 90 valence electrons. The first-order chi connectivity index (χ1) is 6.84. The summed E-state index contributed by atoms with van der Waals surface area (Å²) in [5, 5.41) is 8.85. The maximum absolute atomic E-state index is 11.3. The van der Waals surface area contributed by atoms with Gasteiger partial charge in [-0.2, -0.15) is 13.1 Å². The van der Waals surface area contributed by atoms with Crippen LogP contribution in [-0.4, -0.2) is 32.1 Å². The molecule has 6 nitrogen and oxygen atoms in total. The van der Waals surface area contributed by atoms with Crippen LogP contribution in [0.1, 0.15) is 27.2 Å². The monoisotopic (exact) mass is 238 g/mol. The van der Waals surface area contributed by atoms with Gasteiger partial charge in [-0.3, -0.25) is 4.79 Å². The number of nitrogens with one attached hydrogen (secondary N) is 2. The van der Waals surface area contributed by atoms with E-state index in [2.05, 4.69) is 9.44 Å². The van der Waals surface area contributed by atoms with Gasteiger partial charge in [0, 0.05) is 6.54 Å². The normalized spacial score (nSPS) is 15.9. The van der Waals surface area contributed by atoms with Crippen LogP contribution in [0.25, 0.3) is 0 Å². The lowest BCUT2D eigenvalue weighted by Gasteiger charge is -2.19. The highest BCUT2D eigenvalue weighted by Gasteiger charge is 2.27. The Bertz CT molecular complexity index is 302. The minimum absolute atomic E-state index is 0.224. The number of hydrogen-bond donors (Lipinski definition) is 3. The summed E-state index contributed by atoms with van der Waals surface area (Å²) in [6.45, 7) is 5.34. The van der Waals surface area contributed by atoms with Crippen molar-refractivity contribution in [3.8, 4) is 0 Å². The van der Waals surface area contributed by atoms with Crippen LogP contribution in [0.15, 0.2) is 0 Å². The molecule has 0 saturated carbocycles. The number of carboxylic acid groups (broad SMARTS) is 1. The highest BCUT2D eigenvalue weighted by molar-refractivity contribution is 7.87. The van der Waals surface area contributed by atoms with E-state index < -0.39 is 22.2 Å². The maximum atomic E-state index is 11.3. The van der Waals surface area contributed by atoms with Gasteiger partial charge in [0.15, 0.2) is 0 Å². The summed E-state index contributed by atoms with van der Waals surface area (Å²) >= 11 is 0. The zero-order valence-corrected chi connectivity index (χ0v) is 9.97. The van der Waals surface area contributed by atoms with Crippen molar-refractivity contribution in [2.45, 2.75) is 33.2 Å². The molecule has 0 aromatic carbocycles. The molecule has 0 aliphatic heterocycles. The summed E-state index contributed by atoms with van der Waals surface area (Å²) in [6.07, 6.45) is 0.589. The molecular weight excluding hydrogens is 220 g/mol. The molecule has 7 heteroatoms. The standard InChI is InChI=1S/C8H18N2O4S/c1-4-6(3)7(8(11)12)10-15(13,14)9-5-2/h6-7,9-10H,4-5H2,1-3H3,(H,11,12)/t6-,7-/m0/s1. The third kappa shape index (κ3) is 5.10. The number of hydrogen-bond acceptors (Lipinski definition) is 3. The van der Waals surface area contributed by atoms with Crippen LogP contribution < -0.4 is 9.44 Å². The molecule has 0 radical (unpaired) electrons. The first kappa shape index (κ1) is 14.3. The average Bonchev–Trinajstić information content (AvgIpc) is 2.12. The number of rotatable bonds is 7. The summed E-state index contributed by atoms with van der Waals surface area (Å²) in [7, 11) is -3.71. The van der Waals surface area contributed by atoms with Crippen LogP contribution in [0, 0.1) is 5.92 Å². The van der Waals surface area contributed by atoms with E-state index >= 15 is 0 Å². The molecule has 2 atom stereocenters. The second kappa shape index (κ2) is 6.04. The molecule has 0 rings (SSSR count). The minimum Gasteiger partial charge on any atom is -0.480 e. The van der Waals surface area contributed by atoms with Gasteiger partial charge in [-0.1, -0.05) is 27.2 Å². The van der Waals surface area contributed by atoms with Crippen LogP contribution in [0.2, 0.25) is 0 Å². The Labute approximate surface area is 90.2 Å². The Morgan fingerprint density at radius 3 is 2.27 bits per heavy atom. The molecule has 0 bridgehead atoms.